The van der Waals surface area contributed by atoms with Crippen molar-refractivity contribution in [3.8, 4) is 23.1 Å². The molecule has 1 atom stereocenters. The molecule has 0 spiro atoms. The third kappa shape index (κ3) is 5.08. The number of rotatable bonds is 9. The van der Waals surface area contributed by atoms with Crippen LogP contribution in [-0.2, 0) is 12.8 Å². The highest BCUT2D eigenvalue weighted by Gasteiger charge is 2.33. The Morgan fingerprint density at radius 1 is 1.08 bits per heavy atom. The summed E-state index contributed by atoms with van der Waals surface area (Å²) in [5.74, 6) is 0.533. The molecule has 190 valence electrons. The Morgan fingerprint density at radius 2 is 1.78 bits per heavy atom. The molecule has 1 aliphatic rings. The smallest absolute Gasteiger partial charge is 0.289 e. The number of carbonyl (C=O) groups is 1. The number of nitrogens with zero attached hydrogens (tertiary/aromatic N) is 3. The van der Waals surface area contributed by atoms with Gasteiger partial charge in [-0.1, -0.05) is 49.7 Å². The van der Waals surface area contributed by atoms with Crippen LogP contribution in [0.1, 0.15) is 47.9 Å². The van der Waals surface area contributed by atoms with Crippen molar-refractivity contribution in [3.63, 3.8) is 0 Å². The van der Waals surface area contributed by atoms with Crippen molar-refractivity contribution in [2.24, 2.45) is 5.92 Å². The van der Waals surface area contributed by atoms with E-state index in [1.165, 1.54) is 24.4 Å². The number of carbonyl (C=O) groups excluding carboxylic acids is 1. The van der Waals surface area contributed by atoms with Crippen LogP contribution in [0.4, 0.5) is 0 Å². The number of methoxy groups -OCH3 is 2. The largest absolute Gasteiger partial charge is 0.494 e. The van der Waals surface area contributed by atoms with E-state index in [0.29, 0.717) is 42.5 Å². The molecular formula is C28H33N3O5. The number of likely N-dealkylation sites (tertiary alicyclic amines) is 1. The molecule has 0 radical (unpaired) electrons. The average Bonchev–Trinajstić information content (AvgIpc) is 3.36. The van der Waals surface area contributed by atoms with Crippen molar-refractivity contribution >= 4 is 5.91 Å². The zero-order valence-corrected chi connectivity index (χ0v) is 21.1. The van der Waals surface area contributed by atoms with Gasteiger partial charge in [0.1, 0.15) is 23.0 Å². The highest BCUT2D eigenvalue weighted by molar-refractivity contribution is 5.96. The average molecular weight is 492 g/mol. The monoisotopic (exact) mass is 491 g/mol. The summed E-state index contributed by atoms with van der Waals surface area (Å²) < 4.78 is 12.5. The van der Waals surface area contributed by atoms with E-state index in [4.69, 9.17) is 9.47 Å². The van der Waals surface area contributed by atoms with Gasteiger partial charge < -0.3 is 19.5 Å². The van der Waals surface area contributed by atoms with Crippen LogP contribution in [0.15, 0.2) is 53.3 Å². The van der Waals surface area contributed by atoms with Crippen LogP contribution in [0, 0.1) is 5.92 Å². The van der Waals surface area contributed by atoms with Gasteiger partial charge in [0.15, 0.2) is 5.56 Å². The van der Waals surface area contributed by atoms with Gasteiger partial charge >= 0.3 is 0 Å². The van der Waals surface area contributed by atoms with Crippen LogP contribution in [0.2, 0.25) is 0 Å². The fourth-order valence-electron chi connectivity index (χ4n) is 4.82. The molecule has 8 nitrogen and oxygen atoms in total. The van der Waals surface area contributed by atoms with Gasteiger partial charge in [0.25, 0.3) is 11.5 Å². The maximum atomic E-state index is 13.6. The van der Waals surface area contributed by atoms with Crippen LogP contribution < -0.4 is 15.0 Å². The van der Waals surface area contributed by atoms with Crippen molar-refractivity contribution in [1.82, 2.24) is 14.5 Å². The number of para-hydroxylation sites is 1. The second-order valence-electron chi connectivity index (χ2n) is 9.08. The number of hydrogen-bond donors (Lipinski definition) is 1. The Balaban J connectivity index is 1.74. The molecule has 1 aliphatic heterocycles. The maximum Gasteiger partial charge on any atom is 0.289 e. The van der Waals surface area contributed by atoms with Gasteiger partial charge in [0, 0.05) is 19.5 Å². The normalized spacial score (nSPS) is 15.2. The summed E-state index contributed by atoms with van der Waals surface area (Å²) in [6, 6.07) is 15.4. The number of amides is 1. The topological polar surface area (TPSA) is 93.9 Å². The molecule has 3 aromatic rings. The predicted octanol–water partition coefficient (Wildman–Crippen LogP) is 4.00. The minimum absolute atomic E-state index is 0.284. The molecule has 0 unspecified atom stereocenters. The molecule has 0 saturated carbocycles. The fourth-order valence-corrected chi connectivity index (χ4v) is 4.82. The van der Waals surface area contributed by atoms with Crippen molar-refractivity contribution in [2.45, 2.75) is 39.0 Å². The molecule has 36 heavy (non-hydrogen) atoms. The van der Waals surface area contributed by atoms with Crippen LogP contribution in [-0.4, -0.2) is 52.8 Å². The Hall–Kier alpha value is -3.81. The quantitative estimate of drug-likeness (QED) is 0.486. The first-order chi connectivity index (χ1) is 17.5. The summed E-state index contributed by atoms with van der Waals surface area (Å²) in [6.07, 6.45) is 3.75. The van der Waals surface area contributed by atoms with Gasteiger partial charge in [-0.15, -0.1) is 0 Å². The first-order valence-corrected chi connectivity index (χ1v) is 12.4. The second kappa shape index (κ2) is 11.3. The Labute approximate surface area is 211 Å². The number of hydrogen-bond acceptors (Lipinski definition) is 6. The van der Waals surface area contributed by atoms with Crippen molar-refractivity contribution in [3.05, 3.63) is 75.8 Å². The lowest BCUT2D eigenvalue weighted by atomic mass is 9.99. The summed E-state index contributed by atoms with van der Waals surface area (Å²) >= 11 is 0. The third-order valence-electron chi connectivity index (χ3n) is 6.67. The van der Waals surface area contributed by atoms with Crippen LogP contribution in [0.5, 0.6) is 17.4 Å². The Bertz CT molecular complexity index is 1250. The number of unbranched alkanes of at least 4 members (excludes halogenated alkanes) is 1. The van der Waals surface area contributed by atoms with Gasteiger partial charge in [-0.2, -0.15) is 4.98 Å². The zero-order valence-electron chi connectivity index (χ0n) is 21.1. The fraction of sp³-hybridized carbons (Fsp3) is 0.393. The highest BCUT2D eigenvalue weighted by atomic mass is 16.5. The SMILES string of the molecule is CCCCc1nc(=O)c(C(=O)N2CC[C@@H](Cc3ccccc3)C2)c(O)n1-c1c(OC)cccc1OC. The summed E-state index contributed by atoms with van der Waals surface area (Å²) in [5, 5.41) is 11.4. The lowest BCUT2D eigenvalue weighted by molar-refractivity contribution is 0.0780. The standard InChI is InChI=1S/C28H33N3O5/c1-4-5-14-23-29-26(32)24(28(34)31(23)25-21(35-2)12-9-13-22(25)36-3)27(33)30-16-15-20(18-30)17-19-10-7-6-8-11-19/h6-13,20,34H,4-5,14-18H2,1-3H3/t20-/m0/s1. The molecule has 4 rings (SSSR count). The number of aromatic nitrogens is 2. The van der Waals surface area contributed by atoms with Gasteiger partial charge in [0.05, 0.1) is 14.2 Å². The molecule has 2 aromatic carbocycles. The van der Waals surface area contributed by atoms with E-state index >= 15 is 0 Å². The van der Waals surface area contributed by atoms with Gasteiger partial charge in [-0.25, -0.2) is 0 Å². The summed E-state index contributed by atoms with van der Waals surface area (Å²) in [7, 11) is 3.03. The molecule has 1 fully saturated rings. The van der Waals surface area contributed by atoms with E-state index in [1.54, 1.807) is 23.1 Å². The molecule has 1 aromatic heterocycles. The zero-order chi connectivity index (χ0) is 25.7. The number of ether oxygens (including phenoxy) is 2. The minimum atomic E-state index is -0.722. The lowest BCUT2D eigenvalue weighted by Crippen LogP contribution is -2.35. The number of aryl methyl sites for hydroxylation is 1. The van der Waals surface area contributed by atoms with E-state index in [1.807, 2.05) is 25.1 Å². The first kappa shape index (κ1) is 25.3. The highest BCUT2D eigenvalue weighted by Crippen LogP contribution is 2.37. The van der Waals surface area contributed by atoms with E-state index in [0.717, 1.165) is 25.7 Å². The summed E-state index contributed by atoms with van der Waals surface area (Å²) in [6.45, 7) is 3.07. The Kier molecular flexibility index (Phi) is 7.93. The van der Waals surface area contributed by atoms with Crippen molar-refractivity contribution in [2.75, 3.05) is 27.3 Å². The van der Waals surface area contributed by atoms with E-state index in [2.05, 4.69) is 17.1 Å². The molecular weight excluding hydrogens is 458 g/mol. The van der Waals surface area contributed by atoms with E-state index < -0.39 is 17.3 Å². The molecule has 2 heterocycles. The van der Waals surface area contributed by atoms with E-state index in [9.17, 15) is 14.7 Å². The van der Waals surface area contributed by atoms with Crippen LogP contribution in [0.3, 0.4) is 0 Å². The first-order valence-electron chi connectivity index (χ1n) is 12.4. The maximum absolute atomic E-state index is 13.6. The summed E-state index contributed by atoms with van der Waals surface area (Å²) in [5.41, 5.74) is 0.562. The third-order valence-corrected chi connectivity index (χ3v) is 6.67. The number of aromatic hydroxyl groups is 1. The second-order valence-corrected chi connectivity index (χ2v) is 9.08. The van der Waals surface area contributed by atoms with Crippen LogP contribution in [0.25, 0.3) is 5.69 Å². The van der Waals surface area contributed by atoms with E-state index in [-0.39, 0.29) is 11.5 Å². The minimum Gasteiger partial charge on any atom is -0.494 e. The molecule has 1 amide bonds. The van der Waals surface area contributed by atoms with Gasteiger partial charge in [-0.05, 0) is 42.9 Å². The lowest BCUT2D eigenvalue weighted by Gasteiger charge is -2.22. The molecule has 8 heteroatoms. The number of benzene rings is 2. The van der Waals surface area contributed by atoms with Crippen molar-refractivity contribution < 1.29 is 19.4 Å². The Morgan fingerprint density at radius 3 is 2.42 bits per heavy atom. The summed E-state index contributed by atoms with van der Waals surface area (Å²) in [4.78, 5) is 32.6. The molecule has 1 N–H and O–H groups in total. The molecule has 0 bridgehead atoms. The van der Waals surface area contributed by atoms with Gasteiger partial charge in [0.2, 0.25) is 5.88 Å². The molecule has 0 aliphatic carbocycles. The van der Waals surface area contributed by atoms with Gasteiger partial charge in [-0.3, -0.25) is 14.2 Å². The predicted molar refractivity (Wildman–Crippen MR) is 137 cm³/mol. The molecule has 1 saturated heterocycles. The van der Waals surface area contributed by atoms with Crippen molar-refractivity contribution in [1.29, 1.82) is 0 Å². The van der Waals surface area contributed by atoms with Crippen LogP contribution >= 0.6 is 0 Å².